The van der Waals surface area contributed by atoms with Gasteiger partial charge < -0.3 is 4.74 Å². The van der Waals surface area contributed by atoms with Crippen LogP contribution in [-0.2, 0) is 0 Å². The molecule has 0 unspecified atom stereocenters. The van der Waals surface area contributed by atoms with Crippen LogP contribution in [0.2, 0.25) is 0 Å². The minimum absolute atomic E-state index is 0.793. The van der Waals surface area contributed by atoms with Gasteiger partial charge in [0, 0.05) is 6.21 Å². The molecule has 3 rings (SSSR count). The molecule has 0 fully saturated rings. The molecule has 0 aliphatic rings. The summed E-state index contributed by atoms with van der Waals surface area (Å²) in [5.74, 6) is 0.927. The topological polar surface area (TPSA) is 21.6 Å². The third-order valence-corrected chi connectivity index (χ3v) is 4.48. The summed E-state index contributed by atoms with van der Waals surface area (Å²) in [5, 5.41) is 0. The Morgan fingerprint density at radius 2 is 1.44 bits per heavy atom. The van der Waals surface area contributed by atoms with E-state index in [9.17, 15) is 0 Å². The summed E-state index contributed by atoms with van der Waals surface area (Å²) in [7, 11) is 0. The van der Waals surface area contributed by atoms with Crippen molar-refractivity contribution in [2.24, 2.45) is 4.99 Å². The van der Waals surface area contributed by atoms with E-state index < -0.39 is 0 Å². The summed E-state index contributed by atoms with van der Waals surface area (Å²) in [6.45, 7) is 3.01. The van der Waals surface area contributed by atoms with E-state index in [1.165, 1.54) is 30.4 Å². The SMILES string of the molecule is CCCCCCOc1ccc(C=Nc2ccc(-c3ccccc3)cc2)cc1. The first-order valence-corrected chi connectivity index (χ1v) is 9.77. The van der Waals surface area contributed by atoms with Crippen molar-refractivity contribution in [3.63, 3.8) is 0 Å². The lowest BCUT2D eigenvalue weighted by atomic mass is 10.1. The van der Waals surface area contributed by atoms with Crippen molar-refractivity contribution in [3.8, 4) is 16.9 Å². The maximum atomic E-state index is 5.78. The minimum Gasteiger partial charge on any atom is -0.494 e. The molecule has 0 heterocycles. The van der Waals surface area contributed by atoms with Crippen LogP contribution in [0, 0.1) is 0 Å². The highest BCUT2D eigenvalue weighted by atomic mass is 16.5. The van der Waals surface area contributed by atoms with E-state index in [0.29, 0.717) is 0 Å². The number of hydrogen-bond donors (Lipinski definition) is 0. The predicted octanol–water partition coefficient (Wildman–Crippen LogP) is 7.06. The second kappa shape index (κ2) is 10.3. The molecule has 27 heavy (non-hydrogen) atoms. The lowest BCUT2D eigenvalue weighted by Gasteiger charge is -2.06. The summed E-state index contributed by atoms with van der Waals surface area (Å²) < 4.78 is 5.78. The molecule has 2 heteroatoms. The van der Waals surface area contributed by atoms with Crippen LogP contribution < -0.4 is 4.74 Å². The second-order valence-electron chi connectivity index (χ2n) is 6.65. The molecule has 0 aromatic heterocycles. The van der Waals surface area contributed by atoms with Crippen molar-refractivity contribution in [1.29, 1.82) is 0 Å². The van der Waals surface area contributed by atoms with Gasteiger partial charge in [-0.05, 0) is 59.5 Å². The van der Waals surface area contributed by atoms with Gasteiger partial charge in [0.2, 0.25) is 0 Å². The van der Waals surface area contributed by atoms with Gasteiger partial charge in [-0.2, -0.15) is 0 Å². The van der Waals surface area contributed by atoms with E-state index in [1.807, 2.05) is 48.7 Å². The smallest absolute Gasteiger partial charge is 0.119 e. The molecular weight excluding hydrogens is 330 g/mol. The standard InChI is InChI=1S/C25H27NO/c1-2-3-4-8-19-27-25-17-11-21(12-18-25)20-26-24-15-13-23(14-16-24)22-9-6-5-7-10-22/h5-7,9-18,20H,2-4,8,19H2,1H3. The third-order valence-electron chi connectivity index (χ3n) is 4.48. The molecular formula is C25H27NO. The predicted molar refractivity (Wildman–Crippen MR) is 115 cm³/mol. The highest BCUT2D eigenvalue weighted by Crippen LogP contribution is 2.22. The van der Waals surface area contributed by atoms with E-state index in [1.54, 1.807) is 0 Å². The van der Waals surface area contributed by atoms with Crippen molar-refractivity contribution in [2.75, 3.05) is 6.61 Å². The molecule has 0 saturated carbocycles. The normalized spacial score (nSPS) is 11.0. The van der Waals surface area contributed by atoms with Crippen LogP contribution >= 0.6 is 0 Å². The summed E-state index contributed by atoms with van der Waals surface area (Å²) in [4.78, 5) is 4.57. The zero-order chi connectivity index (χ0) is 18.7. The monoisotopic (exact) mass is 357 g/mol. The zero-order valence-corrected chi connectivity index (χ0v) is 16.0. The van der Waals surface area contributed by atoms with E-state index >= 15 is 0 Å². The molecule has 0 bridgehead atoms. The Hall–Kier alpha value is -2.87. The molecule has 0 radical (unpaired) electrons. The van der Waals surface area contributed by atoms with Gasteiger partial charge in [-0.25, -0.2) is 0 Å². The van der Waals surface area contributed by atoms with Crippen LogP contribution in [0.5, 0.6) is 5.75 Å². The third kappa shape index (κ3) is 6.10. The van der Waals surface area contributed by atoms with Crippen LogP contribution in [0.4, 0.5) is 5.69 Å². The van der Waals surface area contributed by atoms with Gasteiger partial charge in [-0.15, -0.1) is 0 Å². The van der Waals surface area contributed by atoms with E-state index in [4.69, 9.17) is 4.74 Å². The van der Waals surface area contributed by atoms with Crippen LogP contribution in [0.3, 0.4) is 0 Å². The lowest BCUT2D eigenvalue weighted by molar-refractivity contribution is 0.305. The molecule has 0 N–H and O–H groups in total. The molecule has 0 aliphatic carbocycles. The number of unbranched alkanes of at least 4 members (excludes halogenated alkanes) is 3. The van der Waals surface area contributed by atoms with Crippen molar-refractivity contribution >= 4 is 11.9 Å². The highest BCUT2D eigenvalue weighted by molar-refractivity contribution is 5.82. The maximum Gasteiger partial charge on any atom is 0.119 e. The van der Waals surface area contributed by atoms with Crippen molar-refractivity contribution in [1.82, 2.24) is 0 Å². The van der Waals surface area contributed by atoms with Gasteiger partial charge in [-0.3, -0.25) is 4.99 Å². The van der Waals surface area contributed by atoms with Crippen molar-refractivity contribution in [3.05, 3.63) is 84.4 Å². The average Bonchev–Trinajstić information content (AvgIpc) is 2.74. The second-order valence-corrected chi connectivity index (χ2v) is 6.65. The Morgan fingerprint density at radius 3 is 2.15 bits per heavy atom. The number of nitrogens with zero attached hydrogens (tertiary/aromatic N) is 1. The largest absolute Gasteiger partial charge is 0.494 e. The van der Waals surface area contributed by atoms with Gasteiger partial charge >= 0.3 is 0 Å². The Labute approximate surface area is 162 Å². The van der Waals surface area contributed by atoms with Crippen molar-refractivity contribution < 1.29 is 4.74 Å². The molecule has 0 saturated heterocycles. The fraction of sp³-hybridized carbons (Fsp3) is 0.240. The Bertz CT molecular complexity index is 820. The summed E-state index contributed by atoms with van der Waals surface area (Å²) >= 11 is 0. The van der Waals surface area contributed by atoms with E-state index in [0.717, 1.165) is 30.0 Å². The molecule has 138 valence electrons. The molecule has 0 atom stereocenters. The minimum atomic E-state index is 0.793. The number of hydrogen-bond acceptors (Lipinski definition) is 2. The fourth-order valence-electron chi connectivity index (χ4n) is 2.89. The number of rotatable bonds is 9. The quantitative estimate of drug-likeness (QED) is 0.296. The Balaban J connectivity index is 1.53. The Morgan fingerprint density at radius 1 is 0.741 bits per heavy atom. The number of ether oxygens (including phenoxy) is 1. The highest BCUT2D eigenvalue weighted by Gasteiger charge is 1.97. The van der Waals surface area contributed by atoms with Gasteiger partial charge in [0.25, 0.3) is 0 Å². The van der Waals surface area contributed by atoms with Gasteiger partial charge in [0.15, 0.2) is 0 Å². The van der Waals surface area contributed by atoms with Crippen LogP contribution in [0.25, 0.3) is 11.1 Å². The van der Waals surface area contributed by atoms with Crippen molar-refractivity contribution in [2.45, 2.75) is 32.6 Å². The van der Waals surface area contributed by atoms with Crippen LogP contribution in [0.1, 0.15) is 38.2 Å². The first-order valence-electron chi connectivity index (χ1n) is 9.77. The van der Waals surface area contributed by atoms with Gasteiger partial charge in [0.05, 0.1) is 12.3 Å². The van der Waals surface area contributed by atoms with Gasteiger partial charge in [-0.1, -0.05) is 68.7 Å². The maximum absolute atomic E-state index is 5.78. The Kier molecular flexibility index (Phi) is 7.23. The average molecular weight is 357 g/mol. The number of benzene rings is 3. The van der Waals surface area contributed by atoms with Crippen LogP contribution in [0.15, 0.2) is 83.9 Å². The lowest BCUT2D eigenvalue weighted by Crippen LogP contribution is -1.97. The summed E-state index contributed by atoms with van der Waals surface area (Å²) in [6, 6.07) is 26.8. The molecule has 2 nitrogen and oxygen atoms in total. The first kappa shape index (κ1) is 18.9. The van der Waals surface area contributed by atoms with E-state index in [-0.39, 0.29) is 0 Å². The molecule has 3 aromatic rings. The van der Waals surface area contributed by atoms with Crippen LogP contribution in [-0.4, -0.2) is 12.8 Å². The van der Waals surface area contributed by atoms with E-state index in [2.05, 4.69) is 48.3 Å². The zero-order valence-electron chi connectivity index (χ0n) is 16.0. The molecule has 0 amide bonds. The van der Waals surface area contributed by atoms with Gasteiger partial charge in [0.1, 0.15) is 5.75 Å². The molecule has 0 spiro atoms. The number of aliphatic imine (C=N–C) groups is 1. The molecule has 0 aliphatic heterocycles. The summed E-state index contributed by atoms with van der Waals surface area (Å²) in [5.41, 5.74) is 4.44. The fourth-order valence-corrected chi connectivity index (χ4v) is 2.89. The first-order chi connectivity index (χ1) is 13.3. The summed E-state index contributed by atoms with van der Waals surface area (Å²) in [6.07, 6.45) is 6.79. The molecule has 3 aromatic carbocycles.